The zero-order valence-corrected chi connectivity index (χ0v) is 13.1. The van der Waals surface area contributed by atoms with E-state index in [9.17, 15) is 0 Å². The highest BCUT2D eigenvalue weighted by Gasteiger charge is 2.24. The number of hydrogen-bond acceptors (Lipinski definition) is 3. The Morgan fingerprint density at radius 2 is 2.10 bits per heavy atom. The summed E-state index contributed by atoms with van der Waals surface area (Å²) in [4.78, 5) is 12.4. The number of rotatable bonds is 4. The first-order valence-electron chi connectivity index (χ1n) is 7.58. The van der Waals surface area contributed by atoms with Crippen LogP contribution in [-0.2, 0) is 19.5 Å². The van der Waals surface area contributed by atoms with Crippen molar-refractivity contribution in [1.29, 1.82) is 0 Å². The summed E-state index contributed by atoms with van der Waals surface area (Å²) in [5.41, 5.74) is 4.17. The molecule has 0 radical (unpaired) electrons. The number of aromatic amines is 1. The Bertz CT molecular complexity index is 604. The number of likely N-dealkylation sites (N-methyl/N-ethyl adjacent to an activating group) is 2. The SMILES string of the molecule is Cc1ncc(CN(C)C[C@H]2Cc3ccccc3CN2C)[nH]1. The lowest BCUT2D eigenvalue weighted by Gasteiger charge is -2.36. The lowest BCUT2D eigenvalue weighted by atomic mass is 9.94. The smallest absolute Gasteiger partial charge is 0.103 e. The van der Waals surface area contributed by atoms with Gasteiger partial charge in [-0.15, -0.1) is 0 Å². The number of benzene rings is 1. The van der Waals surface area contributed by atoms with Crippen LogP contribution in [0.2, 0.25) is 0 Å². The summed E-state index contributed by atoms with van der Waals surface area (Å²) in [6.07, 6.45) is 3.07. The summed E-state index contributed by atoms with van der Waals surface area (Å²) in [6.45, 7) is 5.04. The monoisotopic (exact) mass is 284 g/mol. The molecule has 0 unspecified atom stereocenters. The van der Waals surface area contributed by atoms with Gasteiger partial charge in [-0.25, -0.2) is 4.98 Å². The Morgan fingerprint density at radius 1 is 1.33 bits per heavy atom. The summed E-state index contributed by atoms with van der Waals surface area (Å²) in [5, 5.41) is 0. The number of nitrogens with zero attached hydrogens (tertiary/aromatic N) is 3. The van der Waals surface area contributed by atoms with Crippen LogP contribution in [0.3, 0.4) is 0 Å². The number of fused-ring (bicyclic) bond motifs is 1. The number of imidazole rings is 1. The van der Waals surface area contributed by atoms with E-state index in [1.165, 1.54) is 16.8 Å². The Kier molecular flexibility index (Phi) is 4.08. The van der Waals surface area contributed by atoms with E-state index in [1.54, 1.807) is 0 Å². The molecule has 1 N–H and O–H groups in total. The van der Waals surface area contributed by atoms with E-state index in [4.69, 9.17) is 0 Å². The standard InChI is InChI=1S/C17H24N4/c1-13-18-9-16(19-13)11-20(2)12-17-8-14-6-4-5-7-15(14)10-21(17)3/h4-7,9,17H,8,10-12H2,1-3H3,(H,18,19)/t17-/m1/s1. The minimum atomic E-state index is 0.578. The van der Waals surface area contributed by atoms with Crippen LogP contribution < -0.4 is 0 Å². The number of aromatic nitrogens is 2. The van der Waals surface area contributed by atoms with Gasteiger partial charge in [0.25, 0.3) is 0 Å². The molecule has 4 nitrogen and oxygen atoms in total. The third-order valence-electron chi connectivity index (χ3n) is 4.34. The number of nitrogens with one attached hydrogen (secondary N) is 1. The van der Waals surface area contributed by atoms with Crippen molar-refractivity contribution in [1.82, 2.24) is 19.8 Å². The fraction of sp³-hybridized carbons (Fsp3) is 0.471. The van der Waals surface area contributed by atoms with Crippen molar-refractivity contribution >= 4 is 0 Å². The molecule has 21 heavy (non-hydrogen) atoms. The van der Waals surface area contributed by atoms with Gasteiger partial charge >= 0.3 is 0 Å². The maximum atomic E-state index is 4.27. The molecule has 0 saturated heterocycles. The molecule has 2 aromatic rings. The fourth-order valence-electron chi connectivity index (χ4n) is 3.19. The van der Waals surface area contributed by atoms with E-state index in [1.807, 2.05) is 13.1 Å². The summed E-state index contributed by atoms with van der Waals surface area (Å²) >= 11 is 0. The zero-order chi connectivity index (χ0) is 14.8. The second-order valence-corrected chi connectivity index (χ2v) is 6.23. The molecular formula is C17H24N4. The third-order valence-corrected chi connectivity index (χ3v) is 4.34. The first kappa shape index (κ1) is 14.3. The van der Waals surface area contributed by atoms with Crippen molar-refractivity contribution in [3.05, 3.63) is 53.1 Å². The van der Waals surface area contributed by atoms with Gasteiger partial charge in [0.05, 0.1) is 0 Å². The summed E-state index contributed by atoms with van der Waals surface area (Å²) in [6, 6.07) is 9.39. The van der Waals surface area contributed by atoms with E-state index in [0.717, 1.165) is 31.9 Å². The van der Waals surface area contributed by atoms with Crippen molar-refractivity contribution < 1.29 is 0 Å². The first-order valence-corrected chi connectivity index (χ1v) is 7.58. The molecule has 0 bridgehead atoms. The van der Waals surface area contributed by atoms with Crippen molar-refractivity contribution in [3.8, 4) is 0 Å². The molecule has 0 saturated carbocycles. The van der Waals surface area contributed by atoms with Crippen molar-refractivity contribution in [2.24, 2.45) is 0 Å². The van der Waals surface area contributed by atoms with Gasteiger partial charge in [-0.05, 0) is 38.6 Å². The predicted molar refractivity (Wildman–Crippen MR) is 85.1 cm³/mol. The first-order chi connectivity index (χ1) is 10.1. The summed E-state index contributed by atoms with van der Waals surface area (Å²) in [7, 11) is 4.42. The van der Waals surface area contributed by atoms with Crippen LogP contribution in [0, 0.1) is 6.92 Å². The maximum Gasteiger partial charge on any atom is 0.103 e. The van der Waals surface area contributed by atoms with Crippen LogP contribution in [0.25, 0.3) is 0 Å². The van der Waals surface area contributed by atoms with Gasteiger partial charge in [0, 0.05) is 37.6 Å². The number of aryl methyl sites for hydroxylation is 1. The van der Waals surface area contributed by atoms with Gasteiger partial charge in [0.1, 0.15) is 5.82 Å². The normalized spacial score (nSPS) is 19.0. The average Bonchev–Trinajstić information content (AvgIpc) is 2.85. The largest absolute Gasteiger partial charge is 0.345 e. The van der Waals surface area contributed by atoms with Gasteiger partial charge in [-0.2, -0.15) is 0 Å². The van der Waals surface area contributed by atoms with Crippen molar-refractivity contribution in [2.75, 3.05) is 20.6 Å². The number of hydrogen-bond donors (Lipinski definition) is 1. The van der Waals surface area contributed by atoms with Crippen LogP contribution in [-0.4, -0.2) is 46.4 Å². The summed E-state index contributed by atoms with van der Waals surface area (Å²) < 4.78 is 0. The molecule has 4 heteroatoms. The average molecular weight is 284 g/mol. The molecule has 1 atom stereocenters. The lowest BCUT2D eigenvalue weighted by Crippen LogP contribution is -2.44. The second-order valence-electron chi connectivity index (χ2n) is 6.23. The van der Waals surface area contributed by atoms with Crippen LogP contribution in [0.5, 0.6) is 0 Å². The minimum absolute atomic E-state index is 0.578. The van der Waals surface area contributed by atoms with Crippen LogP contribution >= 0.6 is 0 Å². The van der Waals surface area contributed by atoms with Gasteiger partial charge in [0.15, 0.2) is 0 Å². The van der Waals surface area contributed by atoms with Gasteiger partial charge in [-0.1, -0.05) is 24.3 Å². The van der Waals surface area contributed by atoms with E-state index in [0.29, 0.717) is 6.04 Å². The molecule has 0 fully saturated rings. The molecule has 112 valence electrons. The quantitative estimate of drug-likeness (QED) is 0.935. The van der Waals surface area contributed by atoms with Crippen LogP contribution in [0.1, 0.15) is 22.6 Å². The van der Waals surface area contributed by atoms with Crippen LogP contribution in [0.15, 0.2) is 30.5 Å². The second kappa shape index (κ2) is 6.00. The Labute approximate surface area is 126 Å². The van der Waals surface area contributed by atoms with E-state index in [2.05, 4.69) is 58.1 Å². The molecule has 1 aromatic carbocycles. The molecule has 0 amide bonds. The summed E-state index contributed by atoms with van der Waals surface area (Å²) in [5.74, 6) is 0.988. The van der Waals surface area contributed by atoms with Crippen LogP contribution in [0.4, 0.5) is 0 Å². The maximum absolute atomic E-state index is 4.27. The van der Waals surface area contributed by atoms with E-state index < -0.39 is 0 Å². The number of H-pyrrole nitrogens is 1. The fourth-order valence-corrected chi connectivity index (χ4v) is 3.19. The van der Waals surface area contributed by atoms with Gasteiger partial charge in [-0.3, -0.25) is 9.80 Å². The highest BCUT2D eigenvalue weighted by atomic mass is 15.2. The molecule has 1 aromatic heterocycles. The lowest BCUT2D eigenvalue weighted by molar-refractivity contribution is 0.158. The predicted octanol–water partition coefficient (Wildman–Crippen LogP) is 2.21. The van der Waals surface area contributed by atoms with Gasteiger partial charge < -0.3 is 4.98 Å². The zero-order valence-electron chi connectivity index (χ0n) is 13.1. The highest BCUT2D eigenvalue weighted by Crippen LogP contribution is 2.22. The topological polar surface area (TPSA) is 35.2 Å². The Morgan fingerprint density at radius 3 is 2.81 bits per heavy atom. The molecule has 2 heterocycles. The Hall–Kier alpha value is -1.65. The Balaban J connectivity index is 1.62. The molecular weight excluding hydrogens is 260 g/mol. The third kappa shape index (κ3) is 3.34. The highest BCUT2D eigenvalue weighted by molar-refractivity contribution is 5.30. The molecule has 1 aliphatic heterocycles. The van der Waals surface area contributed by atoms with Crippen molar-refractivity contribution in [2.45, 2.75) is 32.5 Å². The van der Waals surface area contributed by atoms with Crippen molar-refractivity contribution in [3.63, 3.8) is 0 Å². The van der Waals surface area contributed by atoms with Gasteiger partial charge in [0.2, 0.25) is 0 Å². The minimum Gasteiger partial charge on any atom is -0.345 e. The molecule has 0 spiro atoms. The molecule has 1 aliphatic rings. The van der Waals surface area contributed by atoms with E-state index >= 15 is 0 Å². The van der Waals surface area contributed by atoms with E-state index in [-0.39, 0.29) is 0 Å². The molecule has 0 aliphatic carbocycles. The molecule has 3 rings (SSSR count).